The van der Waals surface area contributed by atoms with Crippen molar-refractivity contribution in [3.63, 3.8) is 0 Å². The van der Waals surface area contributed by atoms with Crippen LogP contribution in [0.2, 0.25) is 0 Å². The zero-order valence-corrected chi connectivity index (χ0v) is 11.4. The Morgan fingerprint density at radius 1 is 0.938 bits per heavy atom. The number of amides is 2. The quantitative estimate of drug-likeness (QED) is 0.484. The Morgan fingerprint density at radius 3 is 1.56 bits per heavy atom. The lowest BCUT2D eigenvalue weighted by molar-refractivity contribution is -0.146. The van der Waals surface area contributed by atoms with Crippen molar-refractivity contribution in [2.75, 3.05) is 24.6 Å². The highest BCUT2D eigenvalue weighted by molar-refractivity contribution is 8.23. The number of nitrogens with zero attached hydrogens (tertiary/aromatic N) is 2. The van der Waals surface area contributed by atoms with E-state index in [9.17, 15) is 9.59 Å². The zero-order valence-electron chi connectivity index (χ0n) is 8.17. The molecule has 0 aromatic heterocycles. The Hall–Kier alpha value is -0.180. The van der Waals surface area contributed by atoms with Crippen molar-refractivity contribution in [1.29, 1.82) is 0 Å². The van der Waals surface area contributed by atoms with Crippen LogP contribution < -0.4 is 0 Å². The van der Waals surface area contributed by atoms with Crippen LogP contribution in [0.5, 0.6) is 0 Å². The van der Waals surface area contributed by atoms with Gasteiger partial charge in [0, 0.05) is 24.6 Å². The Bertz CT molecular complexity index is 348. The number of carbonyl (C=O) groups excluding carboxylic acids is 2. The monoisotopic (exact) mass is 292 g/mol. The van der Waals surface area contributed by atoms with E-state index in [1.54, 1.807) is 0 Å². The Balaban J connectivity index is 2.07. The smallest absolute Gasteiger partial charge is 0.289 e. The molecule has 86 valence electrons. The molecule has 0 saturated carbocycles. The van der Waals surface area contributed by atoms with E-state index in [4.69, 9.17) is 24.4 Å². The van der Waals surface area contributed by atoms with Crippen LogP contribution in [0.15, 0.2) is 0 Å². The second-order valence-corrected chi connectivity index (χ2v) is 6.60. The fraction of sp³-hybridized carbons (Fsp3) is 0.500. The van der Waals surface area contributed by atoms with E-state index in [0.29, 0.717) is 21.7 Å². The van der Waals surface area contributed by atoms with Gasteiger partial charge in [-0.2, -0.15) is 0 Å². The molecule has 2 aliphatic rings. The van der Waals surface area contributed by atoms with Crippen molar-refractivity contribution >= 4 is 68.4 Å². The molecule has 0 aliphatic carbocycles. The molecule has 0 atom stereocenters. The number of thioether (sulfide) groups is 2. The van der Waals surface area contributed by atoms with Crippen LogP contribution in [0.25, 0.3) is 0 Å². The van der Waals surface area contributed by atoms with Gasteiger partial charge in [-0.05, 0) is 0 Å². The molecule has 8 heteroatoms. The second-order valence-electron chi connectivity index (χ2n) is 3.14. The molecular weight excluding hydrogens is 284 g/mol. The molecule has 0 aromatic carbocycles. The highest BCUT2D eigenvalue weighted by atomic mass is 32.2. The van der Waals surface area contributed by atoms with Crippen molar-refractivity contribution in [1.82, 2.24) is 9.80 Å². The summed E-state index contributed by atoms with van der Waals surface area (Å²) in [5, 5.41) is 0. The Morgan fingerprint density at radius 2 is 1.31 bits per heavy atom. The van der Waals surface area contributed by atoms with Gasteiger partial charge in [-0.15, -0.1) is 0 Å². The van der Waals surface area contributed by atoms with Gasteiger partial charge < -0.3 is 0 Å². The highest BCUT2D eigenvalue weighted by Crippen LogP contribution is 2.21. The molecule has 0 unspecified atom stereocenters. The number of carbonyl (C=O) groups is 2. The topological polar surface area (TPSA) is 40.6 Å². The molecular formula is C8H8N2O2S4. The lowest BCUT2D eigenvalue weighted by Crippen LogP contribution is -2.45. The molecule has 0 bridgehead atoms. The summed E-state index contributed by atoms with van der Waals surface area (Å²) in [5.74, 6) is 0.411. The maximum Gasteiger partial charge on any atom is 0.317 e. The van der Waals surface area contributed by atoms with Crippen molar-refractivity contribution in [2.24, 2.45) is 0 Å². The van der Waals surface area contributed by atoms with E-state index in [0.717, 1.165) is 11.5 Å². The van der Waals surface area contributed by atoms with Crippen molar-refractivity contribution in [3.8, 4) is 0 Å². The Kier molecular flexibility index (Phi) is 3.83. The van der Waals surface area contributed by atoms with Crippen molar-refractivity contribution < 1.29 is 9.59 Å². The lowest BCUT2D eigenvalue weighted by Gasteiger charge is -2.18. The number of hydrogen-bond donors (Lipinski definition) is 0. The predicted molar refractivity (Wildman–Crippen MR) is 73.5 cm³/mol. The lowest BCUT2D eigenvalue weighted by atomic mass is 10.4. The molecule has 2 amide bonds. The van der Waals surface area contributed by atoms with Crippen LogP contribution in [0.1, 0.15) is 0 Å². The van der Waals surface area contributed by atoms with Gasteiger partial charge in [-0.25, -0.2) is 0 Å². The second kappa shape index (κ2) is 4.99. The Labute approximate surface area is 112 Å². The molecule has 4 nitrogen and oxygen atoms in total. The maximum atomic E-state index is 11.9. The summed E-state index contributed by atoms with van der Waals surface area (Å²) in [6.07, 6.45) is 0. The molecule has 0 aromatic rings. The van der Waals surface area contributed by atoms with Gasteiger partial charge in [-0.3, -0.25) is 19.4 Å². The largest absolute Gasteiger partial charge is 0.317 e. The maximum absolute atomic E-state index is 11.9. The molecule has 0 radical (unpaired) electrons. The van der Waals surface area contributed by atoms with Crippen LogP contribution in [-0.4, -0.2) is 54.9 Å². The van der Waals surface area contributed by atoms with Gasteiger partial charge in [0.1, 0.15) is 8.64 Å². The van der Waals surface area contributed by atoms with Crippen molar-refractivity contribution in [3.05, 3.63) is 0 Å². The highest BCUT2D eigenvalue weighted by Gasteiger charge is 2.35. The van der Waals surface area contributed by atoms with Crippen LogP contribution in [0, 0.1) is 0 Å². The summed E-state index contributed by atoms with van der Waals surface area (Å²) in [6, 6.07) is 0. The van der Waals surface area contributed by atoms with Gasteiger partial charge in [0.05, 0.1) is 0 Å². The standard InChI is InChI=1S/C8H8N2O2S4/c11-5(9-1-3-15-7(9)13)6(12)10-2-4-16-8(10)14/h1-4H2. The predicted octanol–water partition coefficient (Wildman–Crippen LogP) is 0.707. The molecule has 2 rings (SSSR count). The van der Waals surface area contributed by atoms with E-state index in [1.165, 1.54) is 33.3 Å². The van der Waals surface area contributed by atoms with Gasteiger partial charge in [0.15, 0.2) is 0 Å². The summed E-state index contributed by atoms with van der Waals surface area (Å²) in [7, 11) is 0. The molecule has 2 aliphatic heterocycles. The minimum Gasteiger partial charge on any atom is -0.289 e. The molecule has 0 spiro atoms. The minimum absolute atomic E-state index is 0.483. The average molecular weight is 292 g/mol. The molecule has 2 fully saturated rings. The minimum atomic E-state index is -0.556. The summed E-state index contributed by atoms with van der Waals surface area (Å²) >= 11 is 12.8. The van der Waals surface area contributed by atoms with E-state index >= 15 is 0 Å². The third kappa shape index (κ3) is 2.24. The van der Waals surface area contributed by atoms with Crippen LogP contribution >= 0.6 is 48.0 Å². The number of hydrogen-bond acceptors (Lipinski definition) is 6. The molecule has 16 heavy (non-hydrogen) atoms. The van der Waals surface area contributed by atoms with E-state index in [-0.39, 0.29) is 0 Å². The zero-order chi connectivity index (χ0) is 11.7. The first-order valence-corrected chi connectivity index (χ1v) is 7.37. The third-order valence-corrected chi connectivity index (χ3v) is 5.05. The molecule has 0 N–H and O–H groups in total. The van der Waals surface area contributed by atoms with Crippen LogP contribution in [0.3, 0.4) is 0 Å². The van der Waals surface area contributed by atoms with Gasteiger partial charge in [-0.1, -0.05) is 48.0 Å². The van der Waals surface area contributed by atoms with Gasteiger partial charge in [0.25, 0.3) is 0 Å². The van der Waals surface area contributed by atoms with E-state index in [2.05, 4.69) is 0 Å². The summed E-state index contributed by atoms with van der Waals surface area (Å²) < 4.78 is 0.965. The van der Waals surface area contributed by atoms with Gasteiger partial charge >= 0.3 is 11.8 Å². The van der Waals surface area contributed by atoms with Gasteiger partial charge in [0.2, 0.25) is 0 Å². The molecule has 2 saturated heterocycles. The van der Waals surface area contributed by atoms with Crippen molar-refractivity contribution in [2.45, 2.75) is 0 Å². The first kappa shape index (κ1) is 12.3. The summed E-state index contributed by atoms with van der Waals surface area (Å²) in [5.41, 5.74) is 0. The average Bonchev–Trinajstić information content (AvgIpc) is 2.85. The SMILES string of the molecule is O=C(C(=O)N1CCSC1=S)N1CCSC1=S. The number of thiocarbonyl (C=S) groups is 2. The van der Waals surface area contributed by atoms with Crippen LogP contribution in [-0.2, 0) is 9.59 Å². The van der Waals surface area contributed by atoms with Crippen LogP contribution in [0.4, 0.5) is 0 Å². The normalized spacial score (nSPS) is 20.8. The van der Waals surface area contributed by atoms with E-state index in [1.807, 2.05) is 0 Å². The fourth-order valence-electron chi connectivity index (χ4n) is 1.39. The fourth-order valence-corrected chi connectivity index (χ4v) is 3.79. The third-order valence-electron chi connectivity index (χ3n) is 2.19. The van der Waals surface area contributed by atoms with E-state index < -0.39 is 11.8 Å². The summed E-state index contributed by atoms with van der Waals surface area (Å²) in [4.78, 5) is 26.4. The number of rotatable bonds is 0. The summed E-state index contributed by atoms with van der Waals surface area (Å²) in [6.45, 7) is 1.03. The first-order valence-electron chi connectivity index (χ1n) is 4.58. The molecule has 2 heterocycles. The first-order chi connectivity index (χ1) is 7.61.